The van der Waals surface area contributed by atoms with Crippen molar-refractivity contribution in [1.29, 1.82) is 0 Å². The molecule has 0 radical (unpaired) electrons. The Labute approximate surface area is 534 Å². The molecule has 11 saturated heterocycles. The number of nitrogens with one attached hydrogen (secondary N) is 4. The molecule has 12 fully saturated rings. The van der Waals surface area contributed by atoms with Gasteiger partial charge in [0.1, 0.15) is 6.61 Å². The van der Waals surface area contributed by atoms with Crippen LogP contribution in [0.25, 0.3) is 0 Å². The van der Waals surface area contributed by atoms with Crippen LogP contribution in [0.5, 0.6) is 0 Å². The van der Waals surface area contributed by atoms with Crippen molar-refractivity contribution < 1.29 is 44.0 Å². The number of amides is 3. The first kappa shape index (κ1) is 81.1. The van der Waals surface area contributed by atoms with Crippen LogP contribution in [0.15, 0.2) is 0 Å². The number of carboxylic acid groups (broad SMARTS) is 1. The molecule has 3 amide bonds. The third kappa shape index (κ3) is 34.1. The van der Waals surface area contributed by atoms with Crippen LogP contribution < -0.4 is 21.3 Å². The average Bonchev–Trinajstić information content (AvgIpc) is 4.03. The molecular formula is C63H132N16O9. The number of ether oxygens (including phenoxy) is 2. The van der Waals surface area contributed by atoms with Gasteiger partial charge < -0.3 is 95.1 Å². The number of piperazine rings is 5. The molecule has 11 aliphatic heterocycles. The molecular weight excluding hydrogens is 1120 g/mol. The van der Waals surface area contributed by atoms with Gasteiger partial charge in [-0.3, -0.25) is 24.2 Å². The van der Waals surface area contributed by atoms with Gasteiger partial charge >= 0.3 is 12.1 Å². The van der Waals surface area contributed by atoms with Crippen molar-refractivity contribution in [1.82, 2.24) is 80.1 Å². The van der Waals surface area contributed by atoms with Crippen molar-refractivity contribution in [3.8, 4) is 0 Å². The first-order valence-corrected chi connectivity index (χ1v) is 32.8. The number of β-amino-alcohol motifs (C(OH)–C–C–N with tert-alkyl or cyclic N) is 1. The predicted octanol–water partition coefficient (Wildman–Crippen LogP) is -0.405. The highest BCUT2D eigenvalue weighted by Gasteiger charge is 2.45. The van der Waals surface area contributed by atoms with E-state index < -0.39 is 5.97 Å². The van der Waals surface area contributed by atoms with Crippen molar-refractivity contribution in [3.63, 3.8) is 0 Å². The van der Waals surface area contributed by atoms with Crippen molar-refractivity contribution in [2.24, 2.45) is 5.92 Å². The van der Waals surface area contributed by atoms with Gasteiger partial charge in [-0.05, 0) is 175 Å². The van der Waals surface area contributed by atoms with Crippen LogP contribution in [0.4, 0.5) is 4.79 Å². The summed E-state index contributed by atoms with van der Waals surface area (Å²) in [4.78, 5) is 68.9. The lowest BCUT2D eigenvalue weighted by Gasteiger charge is -2.32. The molecule has 0 aromatic carbocycles. The Hall–Kier alpha value is -2.96. The van der Waals surface area contributed by atoms with Gasteiger partial charge in [-0.1, -0.05) is 7.43 Å². The van der Waals surface area contributed by atoms with Crippen molar-refractivity contribution in [2.75, 3.05) is 255 Å². The maximum absolute atomic E-state index is 11.2. The maximum Gasteiger partial charge on any atom is 0.409 e. The Bertz CT molecular complexity index is 1840. The third-order valence-corrected chi connectivity index (χ3v) is 18.4. The summed E-state index contributed by atoms with van der Waals surface area (Å²) in [6, 6.07) is 3.20. The van der Waals surface area contributed by atoms with E-state index in [1.54, 1.807) is 11.9 Å². The first-order chi connectivity index (χ1) is 41.2. The van der Waals surface area contributed by atoms with E-state index in [9.17, 15) is 19.2 Å². The number of likely N-dealkylation sites (N-methyl/N-ethyl adjacent to an activating group) is 7. The lowest BCUT2D eigenvalue weighted by atomic mass is 9.98. The molecule has 12 aliphatic rings. The molecule has 25 heteroatoms. The number of hydrogen-bond donors (Lipinski definition) is 7. The molecule has 0 aromatic heterocycles. The fourth-order valence-corrected chi connectivity index (χ4v) is 11.7. The highest BCUT2D eigenvalue weighted by Crippen LogP contribution is 2.37. The number of carbonyl (C=O) groups excluding carboxylic acids is 3. The number of carbonyl (C=O) groups is 4. The second-order valence-corrected chi connectivity index (χ2v) is 27.0. The maximum atomic E-state index is 11.2. The number of likely N-dealkylation sites (tertiary alicyclic amines) is 6. The van der Waals surface area contributed by atoms with Crippen LogP contribution in [0.1, 0.15) is 79.1 Å². The summed E-state index contributed by atoms with van der Waals surface area (Å²) < 4.78 is 9.55. The molecule has 4 atom stereocenters. The number of fused-ring (bicyclic) bond motifs is 2. The minimum atomic E-state index is -0.631. The minimum Gasteiger partial charge on any atom is -0.481 e. The van der Waals surface area contributed by atoms with Crippen LogP contribution in [-0.2, 0) is 23.9 Å². The van der Waals surface area contributed by atoms with Gasteiger partial charge in [-0.15, -0.1) is 0 Å². The number of aliphatic carboxylic acids is 1. The van der Waals surface area contributed by atoms with Crippen LogP contribution in [0.2, 0.25) is 0 Å². The summed E-state index contributed by atoms with van der Waals surface area (Å²) in [6.45, 7) is 29.3. The van der Waals surface area contributed by atoms with E-state index in [1.165, 1.54) is 85.2 Å². The van der Waals surface area contributed by atoms with E-state index in [-0.39, 0.29) is 50.1 Å². The molecule has 11 heterocycles. The second kappa shape index (κ2) is 43.8. The van der Waals surface area contributed by atoms with Gasteiger partial charge in [0.2, 0.25) is 11.8 Å². The highest BCUT2D eigenvalue weighted by molar-refractivity contribution is 5.78. The molecule has 1 saturated carbocycles. The van der Waals surface area contributed by atoms with Crippen molar-refractivity contribution >= 4 is 23.9 Å². The molecule has 7 N–H and O–H groups in total. The van der Waals surface area contributed by atoms with Gasteiger partial charge in [-0.25, -0.2) is 4.79 Å². The number of piperidine rings is 3. The van der Waals surface area contributed by atoms with E-state index in [1.807, 2.05) is 30.9 Å². The predicted molar refractivity (Wildman–Crippen MR) is 355 cm³/mol. The van der Waals surface area contributed by atoms with Gasteiger partial charge in [0.15, 0.2) is 0 Å². The summed E-state index contributed by atoms with van der Waals surface area (Å²) in [5.74, 6) is -0.501. The molecule has 1 aliphatic carbocycles. The molecule has 12 rings (SSSR count). The lowest BCUT2D eigenvalue weighted by molar-refractivity contribution is -0.143. The highest BCUT2D eigenvalue weighted by atomic mass is 16.5. The topological polar surface area (TPSA) is 234 Å². The monoisotopic (exact) mass is 1260 g/mol. The van der Waals surface area contributed by atoms with Gasteiger partial charge in [0.05, 0.1) is 38.4 Å². The minimum absolute atomic E-state index is 0. The van der Waals surface area contributed by atoms with Crippen LogP contribution in [0.3, 0.4) is 0 Å². The fourth-order valence-electron chi connectivity index (χ4n) is 11.7. The summed E-state index contributed by atoms with van der Waals surface area (Å²) in [5, 5.41) is 39.2. The Balaban J connectivity index is 0.000000334. The van der Waals surface area contributed by atoms with Crippen molar-refractivity contribution in [2.45, 2.75) is 127 Å². The zero-order valence-electron chi connectivity index (χ0n) is 57.3. The zero-order chi connectivity index (χ0) is 64.6. The summed E-state index contributed by atoms with van der Waals surface area (Å²) in [6.07, 6.45) is 9.90. The van der Waals surface area contributed by atoms with Gasteiger partial charge in [0.25, 0.3) is 0 Å². The Morgan fingerprint density at radius 3 is 1.55 bits per heavy atom. The van der Waals surface area contributed by atoms with Crippen LogP contribution >= 0.6 is 0 Å². The second-order valence-electron chi connectivity index (χ2n) is 27.0. The average molecular weight is 1260 g/mol. The third-order valence-electron chi connectivity index (χ3n) is 18.4. The molecule has 2 bridgehead atoms. The molecule has 25 nitrogen and oxygen atoms in total. The molecule has 2 unspecified atom stereocenters. The first-order valence-electron chi connectivity index (χ1n) is 32.8. The Kier molecular flexibility index (Phi) is 40.4. The van der Waals surface area contributed by atoms with Gasteiger partial charge in [-0.2, -0.15) is 0 Å². The zero-order valence-corrected chi connectivity index (χ0v) is 57.3. The van der Waals surface area contributed by atoms with Crippen molar-refractivity contribution in [3.05, 3.63) is 0 Å². The summed E-state index contributed by atoms with van der Waals surface area (Å²) in [5.41, 5.74) is 0.576. The quantitative estimate of drug-likeness (QED) is 0.186. The lowest BCUT2D eigenvalue weighted by Crippen LogP contribution is -2.50. The standard InChI is InChI=1S/C8H14N2O2.C8H18N2.C7H14N2.C7H13NO2.2C6H14N2.C6H13NO.C5H10N2O.C5H9NO2.C4H9NO.CH4/c1-9-4-7-3-6(9)5-10(7)8(11)12-2;1-9(2)8-4-6-10(3)7-5-8;1-9-5-4-8-7(6-9)2-3-7;1-8-4-2-6(3-5-8)7(9)10;1-6-5-8(2)4-3-7-6;1-6-5-7-3-4-8(6)2;1-7-4-2-6(8)3-5-7;1-7-3-2-6-5(8)4-7;1-6-2-3-8-4-5(6)7;1-5-2-4(6)3-5;/h6-7H,3-5H2,1-2H3;8H,4-7H2,1-3H3;8H,2-6H2,1H3;6H,2-5H2,1H3,(H,9,10);2*6-7H,3-5H2,1-2H3;6,8H,2-5H2,1H3;2-4H2,1H3,(H,6,8);2-4H2,1H3;4,6H,2-3H2,1H3;1H4/t6-,7-;;;;;;;;;;/m1........../s1. The molecule has 518 valence electrons. The normalized spacial score (nSPS) is 27.7. The van der Waals surface area contributed by atoms with Crippen LogP contribution in [-0.4, -0.2) is 401 Å². The number of methoxy groups -OCH3 is 1. The van der Waals surface area contributed by atoms with Gasteiger partial charge in [0, 0.05) is 161 Å². The molecule has 1 spiro atoms. The van der Waals surface area contributed by atoms with E-state index >= 15 is 0 Å². The summed E-state index contributed by atoms with van der Waals surface area (Å²) in [7, 11) is 26.5. The van der Waals surface area contributed by atoms with E-state index in [0.717, 1.165) is 136 Å². The summed E-state index contributed by atoms with van der Waals surface area (Å²) >= 11 is 0. The number of hydrogen-bond acceptors (Lipinski definition) is 21. The van der Waals surface area contributed by atoms with Crippen LogP contribution in [0, 0.1) is 5.92 Å². The number of aliphatic hydroxyl groups is 2. The largest absolute Gasteiger partial charge is 0.481 e. The Morgan fingerprint density at radius 2 is 1.20 bits per heavy atom. The SMILES string of the molecule is C.CC1CN(C)CCN1.CC1CNCCN1C.CN1CC(O)C1.CN1CCC(C(=O)O)CC1.CN1CCC(N(C)C)CC1.CN1CCC(O)CC1.CN1CCNC(=O)C1.CN1CCNC2(CC2)C1.CN1CCOCC1=O.COC(=O)N1C[C@H]2C[C@@H]1CN2C. The number of carboxylic acids is 1. The number of nitrogens with zero attached hydrogens (tertiary/aromatic N) is 12. The van der Waals surface area contributed by atoms with E-state index in [2.05, 4.69) is 136 Å². The smallest absolute Gasteiger partial charge is 0.409 e. The molecule has 88 heavy (non-hydrogen) atoms. The molecule has 0 aromatic rings. The van der Waals surface area contributed by atoms with E-state index in [4.69, 9.17) is 24.8 Å². The Morgan fingerprint density at radius 1 is 0.625 bits per heavy atom. The van der Waals surface area contributed by atoms with E-state index in [0.29, 0.717) is 36.8 Å². The number of aliphatic hydroxyl groups excluding tert-OH is 2. The number of rotatable bonds is 2. The fraction of sp³-hybridized carbons (Fsp3) is 0.937. The number of morpholine rings is 1.